The molecule has 198 valence electrons. The maximum atomic E-state index is 11.9. The second-order valence-electron chi connectivity index (χ2n) is 9.50. The van der Waals surface area contributed by atoms with Gasteiger partial charge in [-0.15, -0.1) is 0 Å². The molecule has 1 saturated carbocycles. The zero-order valence-corrected chi connectivity index (χ0v) is 20.9. The van der Waals surface area contributed by atoms with Crippen LogP contribution in [0, 0.1) is 0 Å². The molecule has 38 heavy (non-hydrogen) atoms. The van der Waals surface area contributed by atoms with E-state index in [0.717, 1.165) is 66.7 Å². The highest BCUT2D eigenvalue weighted by atomic mass is 16.5. The minimum absolute atomic E-state index is 0. The minimum Gasteiger partial charge on any atom is -0.450 e. The lowest BCUT2D eigenvalue weighted by molar-refractivity contribution is 0.120. The van der Waals surface area contributed by atoms with Crippen molar-refractivity contribution in [1.82, 2.24) is 34.7 Å². The predicted molar refractivity (Wildman–Crippen MR) is 148 cm³/mol. The number of pyridine rings is 1. The van der Waals surface area contributed by atoms with E-state index in [4.69, 9.17) is 9.72 Å². The Bertz CT molecular complexity index is 1380. The first-order chi connectivity index (χ1) is 18.2. The number of carbonyl (C=O) groups excluding carboxylic acids is 1. The number of nitrogens with one attached hydrogen (secondary N) is 2. The van der Waals surface area contributed by atoms with Gasteiger partial charge < -0.3 is 9.72 Å². The molecule has 1 saturated heterocycles. The van der Waals surface area contributed by atoms with Crippen molar-refractivity contribution in [2.24, 2.45) is 0 Å². The summed E-state index contributed by atoms with van der Waals surface area (Å²) in [4.78, 5) is 38.4. The predicted octanol–water partition coefficient (Wildman–Crippen LogP) is 4.57. The number of anilines is 1. The molecule has 0 unspecified atom stereocenters. The van der Waals surface area contributed by atoms with Crippen LogP contribution in [0.5, 0.6) is 0 Å². The number of hydrogen-bond donors (Lipinski definition) is 2. The summed E-state index contributed by atoms with van der Waals surface area (Å²) in [5, 5.41) is 2.64. The van der Waals surface area contributed by atoms with E-state index in [1.165, 1.54) is 12.8 Å². The lowest BCUT2D eigenvalue weighted by Crippen LogP contribution is -2.46. The van der Waals surface area contributed by atoms with E-state index in [1.54, 1.807) is 25.4 Å². The fraction of sp³-hybridized carbons (Fsp3) is 0.393. The van der Waals surface area contributed by atoms with Crippen molar-refractivity contribution in [3.05, 3.63) is 54.6 Å². The van der Waals surface area contributed by atoms with Crippen molar-refractivity contribution >= 4 is 23.1 Å². The van der Waals surface area contributed by atoms with Crippen molar-refractivity contribution in [3.8, 4) is 22.5 Å². The van der Waals surface area contributed by atoms with Crippen molar-refractivity contribution < 1.29 is 9.53 Å². The number of fused-ring (bicyclic) bond motifs is 1. The average molecular weight is 515 g/mol. The third-order valence-electron chi connectivity index (χ3n) is 6.90. The summed E-state index contributed by atoms with van der Waals surface area (Å²) in [7, 11) is 0. The Labute approximate surface area is 222 Å². The van der Waals surface area contributed by atoms with Crippen LogP contribution in [0.1, 0.15) is 32.9 Å². The number of imidazole rings is 1. The van der Waals surface area contributed by atoms with Gasteiger partial charge in [0.1, 0.15) is 5.52 Å². The number of rotatable bonds is 7. The SMILES string of the molecule is C.CCOC(=O)Nc1nc2c(-c3ncccn3)cc(-c3ccc(CN4CCN(C5CC5)CC4)nc3)cc2[nH]1. The van der Waals surface area contributed by atoms with Gasteiger partial charge in [0.15, 0.2) is 5.82 Å². The van der Waals surface area contributed by atoms with Crippen LogP contribution in [0.2, 0.25) is 0 Å². The molecule has 0 atom stereocenters. The molecule has 6 rings (SSSR count). The third-order valence-corrected chi connectivity index (χ3v) is 6.90. The quantitative estimate of drug-likeness (QED) is 0.369. The first-order valence-electron chi connectivity index (χ1n) is 12.8. The zero-order chi connectivity index (χ0) is 25.2. The Morgan fingerprint density at radius 3 is 2.55 bits per heavy atom. The van der Waals surface area contributed by atoms with Gasteiger partial charge in [-0.25, -0.2) is 19.7 Å². The Kier molecular flexibility index (Phi) is 7.62. The summed E-state index contributed by atoms with van der Waals surface area (Å²) in [6.45, 7) is 7.40. The topological polar surface area (TPSA) is 112 Å². The number of amides is 1. The normalized spacial score (nSPS) is 16.2. The number of hydrogen-bond acceptors (Lipinski definition) is 8. The van der Waals surface area contributed by atoms with Crippen LogP contribution in [0.3, 0.4) is 0 Å². The van der Waals surface area contributed by atoms with E-state index < -0.39 is 6.09 Å². The van der Waals surface area contributed by atoms with Gasteiger partial charge in [0.05, 0.1) is 17.8 Å². The number of carbonyl (C=O) groups is 1. The fourth-order valence-electron chi connectivity index (χ4n) is 4.86. The van der Waals surface area contributed by atoms with Crippen molar-refractivity contribution in [1.29, 1.82) is 0 Å². The molecule has 1 aromatic carbocycles. The molecule has 4 heterocycles. The summed E-state index contributed by atoms with van der Waals surface area (Å²) < 4.78 is 4.98. The van der Waals surface area contributed by atoms with Crippen LogP contribution in [-0.2, 0) is 11.3 Å². The number of nitrogens with zero attached hydrogens (tertiary/aromatic N) is 6. The lowest BCUT2D eigenvalue weighted by atomic mass is 10.0. The molecule has 1 aliphatic heterocycles. The molecular formula is C28H34N8O2. The molecule has 10 heteroatoms. The van der Waals surface area contributed by atoms with E-state index in [0.29, 0.717) is 17.3 Å². The Morgan fingerprint density at radius 2 is 1.87 bits per heavy atom. The Morgan fingerprint density at radius 1 is 1.08 bits per heavy atom. The molecule has 0 spiro atoms. The highest BCUT2D eigenvalue weighted by Crippen LogP contribution is 2.32. The molecule has 0 bridgehead atoms. The zero-order valence-electron chi connectivity index (χ0n) is 20.9. The molecule has 0 radical (unpaired) electrons. The maximum Gasteiger partial charge on any atom is 0.413 e. The van der Waals surface area contributed by atoms with Crippen LogP contribution < -0.4 is 5.32 Å². The van der Waals surface area contributed by atoms with Gasteiger partial charge >= 0.3 is 6.09 Å². The molecular weight excluding hydrogens is 480 g/mol. The number of H-pyrrole nitrogens is 1. The third kappa shape index (κ3) is 5.66. The number of benzene rings is 1. The van der Waals surface area contributed by atoms with Gasteiger partial charge in [0.2, 0.25) is 5.95 Å². The van der Waals surface area contributed by atoms with Gasteiger partial charge in [-0.3, -0.25) is 20.1 Å². The maximum absolute atomic E-state index is 11.9. The second-order valence-corrected chi connectivity index (χ2v) is 9.50. The van der Waals surface area contributed by atoms with Crippen LogP contribution in [0.15, 0.2) is 48.9 Å². The van der Waals surface area contributed by atoms with Crippen molar-refractivity contribution in [2.45, 2.75) is 39.8 Å². The van der Waals surface area contributed by atoms with Gasteiger partial charge in [-0.2, -0.15) is 0 Å². The van der Waals surface area contributed by atoms with E-state index in [2.05, 4.69) is 47.2 Å². The highest BCUT2D eigenvalue weighted by molar-refractivity contribution is 5.96. The summed E-state index contributed by atoms with van der Waals surface area (Å²) >= 11 is 0. The standard InChI is InChI=1S/C27H30N8O2.CH4/c1-2-37-27(36)33-26-31-23-15-19(14-22(24(23)32-26)25-28-8-3-9-29-25)18-4-5-20(30-16-18)17-34-10-12-35(13-11-34)21-6-7-21;/h3-5,8-9,14-16,21H,2,6-7,10-13,17H2,1H3,(H2,31,32,33,36);1H4. The van der Waals surface area contributed by atoms with Crippen molar-refractivity contribution in [3.63, 3.8) is 0 Å². The monoisotopic (exact) mass is 514 g/mol. The molecule has 1 amide bonds. The van der Waals surface area contributed by atoms with Crippen LogP contribution >= 0.6 is 0 Å². The number of piperazine rings is 1. The van der Waals surface area contributed by atoms with Crippen LogP contribution in [0.4, 0.5) is 10.7 Å². The summed E-state index contributed by atoms with van der Waals surface area (Å²) in [6, 6.07) is 10.8. The van der Waals surface area contributed by atoms with E-state index >= 15 is 0 Å². The summed E-state index contributed by atoms with van der Waals surface area (Å²) in [6.07, 6.45) is 7.50. The van der Waals surface area contributed by atoms with E-state index in [9.17, 15) is 4.79 Å². The number of aromatic amines is 1. The van der Waals surface area contributed by atoms with Gasteiger partial charge in [0.25, 0.3) is 0 Å². The minimum atomic E-state index is -0.562. The molecule has 10 nitrogen and oxygen atoms in total. The molecule has 2 fully saturated rings. The Hall–Kier alpha value is -3.89. The molecule has 3 aromatic heterocycles. The fourth-order valence-corrected chi connectivity index (χ4v) is 4.86. The molecule has 2 N–H and O–H groups in total. The van der Waals surface area contributed by atoms with Crippen LogP contribution in [-0.4, -0.2) is 79.6 Å². The van der Waals surface area contributed by atoms with Gasteiger partial charge in [-0.05, 0) is 49.6 Å². The van der Waals surface area contributed by atoms with Crippen molar-refractivity contribution in [2.75, 3.05) is 38.1 Å². The average Bonchev–Trinajstić information content (AvgIpc) is 3.69. The summed E-state index contributed by atoms with van der Waals surface area (Å²) in [5.41, 5.74) is 5.19. The first kappa shape index (κ1) is 25.7. The first-order valence-corrected chi connectivity index (χ1v) is 12.8. The highest BCUT2D eigenvalue weighted by Gasteiger charge is 2.31. The smallest absolute Gasteiger partial charge is 0.413 e. The number of aromatic nitrogens is 5. The molecule has 4 aromatic rings. The molecule has 1 aliphatic carbocycles. The largest absolute Gasteiger partial charge is 0.450 e. The second kappa shape index (κ2) is 11.2. The Balaban J connectivity index is 0.00000294. The van der Waals surface area contributed by atoms with Crippen LogP contribution in [0.25, 0.3) is 33.5 Å². The molecule has 2 aliphatic rings. The van der Waals surface area contributed by atoms with Gasteiger partial charge in [-0.1, -0.05) is 13.5 Å². The van der Waals surface area contributed by atoms with E-state index in [1.807, 2.05) is 18.3 Å². The van der Waals surface area contributed by atoms with Gasteiger partial charge in [0, 0.05) is 68.5 Å². The lowest BCUT2D eigenvalue weighted by Gasteiger charge is -2.34. The number of ether oxygens (including phenoxy) is 1. The van der Waals surface area contributed by atoms with E-state index in [-0.39, 0.29) is 14.0 Å². The summed E-state index contributed by atoms with van der Waals surface area (Å²) in [5.74, 6) is 0.858.